The van der Waals surface area contributed by atoms with E-state index in [0.717, 1.165) is 6.07 Å². The van der Waals surface area contributed by atoms with Crippen molar-refractivity contribution in [1.29, 1.82) is 5.26 Å². The second kappa shape index (κ2) is 4.37. The molecule has 0 aromatic heterocycles. The highest BCUT2D eigenvalue weighted by Crippen LogP contribution is 2.34. The van der Waals surface area contributed by atoms with Crippen LogP contribution in [-0.2, 0) is 12.8 Å². The Morgan fingerprint density at radius 1 is 1.40 bits per heavy atom. The summed E-state index contributed by atoms with van der Waals surface area (Å²) in [7, 11) is 0. The van der Waals surface area contributed by atoms with E-state index in [0.29, 0.717) is 0 Å². The fourth-order valence-corrected chi connectivity index (χ4v) is 1.90. The highest BCUT2D eigenvalue weighted by atomic mass is 127. The van der Waals surface area contributed by atoms with Gasteiger partial charge in [-0.1, -0.05) is 0 Å². The maximum Gasteiger partial charge on any atom is 0.417 e. The Hall–Kier alpha value is -0.810. The molecule has 0 aliphatic heterocycles. The summed E-state index contributed by atoms with van der Waals surface area (Å²) in [6, 6.07) is 3.55. The average molecular weight is 327 g/mol. The Bertz CT molecular complexity index is 423. The minimum atomic E-state index is -4.48. The second-order valence-corrected chi connectivity index (χ2v) is 3.92. The highest BCUT2D eigenvalue weighted by molar-refractivity contribution is 14.1. The Kier molecular flexibility index (Phi) is 3.57. The van der Waals surface area contributed by atoms with Gasteiger partial charge in [-0.05, 0) is 40.3 Å². The Morgan fingerprint density at radius 3 is 2.40 bits per heavy atom. The predicted octanol–water partition coefficient (Wildman–Crippen LogP) is 2.67. The zero-order valence-corrected chi connectivity index (χ0v) is 9.43. The van der Waals surface area contributed by atoms with Crippen LogP contribution in [0, 0.1) is 14.9 Å². The number of halogens is 4. The number of aliphatic hydroxyl groups excluding tert-OH is 1. The number of hydrogen-bond donors (Lipinski definition) is 1. The lowest BCUT2D eigenvalue weighted by Crippen LogP contribution is -2.09. The molecule has 0 aliphatic carbocycles. The zero-order valence-electron chi connectivity index (χ0n) is 7.27. The van der Waals surface area contributed by atoms with E-state index in [-0.39, 0.29) is 14.7 Å². The van der Waals surface area contributed by atoms with Crippen molar-refractivity contribution in [3.8, 4) is 6.07 Å². The van der Waals surface area contributed by atoms with Gasteiger partial charge in [0.25, 0.3) is 0 Å². The maximum absolute atomic E-state index is 12.4. The SMILES string of the molecule is N#Cc1cc(C(F)(F)F)c(I)cc1CO. The van der Waals surface area contributed by atoms with Gasteiger partial charge < -0.3 is 5.11 Å². The van der Waals surface area contributed by atoms with Crippen LogP contribution in [0.4, 0.5) is 13.2 Å². The van der Waals surface area contributed by atoms with Crippen LogP contribution in [0.2, 0.25) is 0 Å². The van der Waals surface area contributed by atoms with Gasteiger partial charge in [-0.2, -0.15) is 18.4 Å². The van der Waals surface area contributed by atoms with Crippen molar-refractivity contribution in [1.82, 2.24) is 0 Å². The van der Waals surface area contributed by atoms with Crippen molar-refractivity contribution in [3.05, 3.63) is 32.4 Å². The van der Waals surface area contributed by atoms with Crippen LogP contribution >= 0.6 is 22.6 Å². The van der Waals surface area contributed by atoms with E-state index in [1.54, 1.807) is 6.07 Å². The van der Waals surface area contributed by atoms with Crippen LogP contribution in [-0.4, -0.2) is 5.11 Å². The molecule has 0 amide bonds. The summed E-state index contributed by atoms with van der Waals surface area (Å²) in [5.74, 6) is 0. The summed E-state index contributed by atoms with van der Waals surface area (Å²) < 4.78 is 37.2. The number of hydrogen-bond acceptors (Lipinski definition) is 2. The summed E-state index contributed by atoms with van der Waals surface area (Å²) in [5.41, 5.74) is -0.794. The maximum atomic E-state index is 12.4. The molecule has 1 aromatic rings. The number of nitriles is 1. The average Bonchev–Trinajstić information content (AvgIpc) is 2.15. The van der Waals surface area contributed by atoms with Crippen LogP contribution in [0.3, 0.4) is 0 Å². The molecule has 1 N–H and O–H groups in total. The lowest BCUT2D eigenvalue weighted by Gasteiger charge is -2.11. The van der Waals surface area contributed by atoms with E-state index in [2.05, 4.69) is 0 Å². The molecule has 0 saturated carbocycles. The molecule has 0 spiro atoms. The van der Waals surface area contributed by atoms with Crippen molar-refractivity contribution in [2.45, 2.75) is 12.8 Å². The topological polar surface area (TPSA) is 44.0 Å². The molecule has 0 aliphatic rings. The van der Waals surface area contributed by atoms with Crippen molar-refractivity contribution in [2.75, 3.05) is 0 Å². The van der Waals surface area contributed by atoms with Crippen molar-refractivity contribution in [3.63, 3.8) is 0 Å². The Labute approximate surface area is 97.5 Å². The van der Waals surface area contributed by atoms with E-state index >= 15 is 0 Å². The minimum Gasteiger partial charge on any atom is -0.392 e. The van der Waals surface area contributed by atoms with E-state index in [4.69, 9.17) is 10.4 Å². The van der Waals surface area contributed by atoms with Crippen molar-refractivity contribution >= 4 is 22.6 Å². The van der Waals surface area contributed by atoms with Gasteiger partial charge in [0, 0.05) is 3.57 Å². The lowest BCUT2D eigenvalue weighted by atomic mass is 10.1. The van der Waals surface area contributed by atoms with Gasteiger partial charge >= 0.3 is 6.18 Å². The first kappa shape index (κ1) is 12.3. The van der Waals surface area contributed by atoms with Gasteiger partial charge in [-0.25, -0.2) is 0 Å². The van der Waals surface area contributed by atoms with E-state index in [1.807, 2.05) is 0 Å². The number of nitrogens with zero attached hydrogens (tertiary/aromatic N) is 1. The first-order chi connectivity index (χ1) is 6.90. The molecule has 0 unspecified atom stereocenters. The zero-order chi connectivity index (χ0) is 11.6. The van der Waals surface area contributed by atoms with Crippen LogP contribution in [0.5, 0.6) is 0 Å². The van der Waals surface area contributed by atoms with E-state index in [9.17, 15) is 13.2 Å². The monoisotopic (exact) mass is 327 g/mol. The number of alkyl halides is 3. The first-order valence-electron chi connectivity index (χ1n) is 3.80. The molecule has 0 bridgehead atoms. The molecule has 6 heteroatoms. The fourth-order valence-electron chi connectivity index (χ4n) is 1.07. The van der Waals surface area contributed by atoms with E-state index < -0.39 is 18.3 Å². The third kappa shape index (κ3) is 2.60. The fraction of sp³-hybridized carbons (Fsp3) is 0.222. The van der Waals surface area contributed by atoms with Crippen LogP contribution in [0.25, 0.3) is 0 Å². The Morgan fingerprint density at radius 2 is 2.00 bits per heavy atom. The van der Waals surface area contributed by atoms with Crippen molar-refractivity contribution < 1.29 is 18.3 Å². The summed E-state index contributed by atoms with van der Waals surface area (Å²) in [4.78, 5) is 0. The van der Waals surface area contributed by atoms with Gasteiger partial charge in [-0.15, -0.1) is 0 Å². The number of rotatable bonds is 1. The first-order valence-corrected chi connectivity index (χ1v) is 4.88. The normalized spacial score (nSPS) is 11.2. The molecular weight excluding hydrogens is 322 g/mol. The van der Waals surface area contributed by atoms with Gasteiger partial charge in [0.1, 0.15) is 0 Å². The molecule has 2 nitrogen and oxygen atoms in total. The van der Waals surface area contributed by atoms with Gasteiger partial charge in [0.2, 0.25) is 0 Å². The number of aliphatic hydroxyl groups is 1. The quantitative estimate of drug-likeness (QED) is 0.806. The number of benzene rings is 1. The molecule has 0 atom stereocenters. The van der Waals surface area contributed by atoms with Crippen LogP contribution in [0.15, 0.2) is 12.1 Å². The van der Waals surface area contributed by atoms with Crippen LogP contribution < -0.4 is 0 Å². The third-order valence-electron chi connectivity index (χ3n) is 1.79. The highest BCUT2D eigenvalue weighted by Gasteiger charge is 2.33. The van der Waals surface area contributed by atoms with Crippen molar-refractivity contribution in [2.24, 2.45) is 0 Å². The molecule has 1 aromatic carbocycles. The molecule has 0 radical (unpaired) electrons. The van der Waals surface area contributed by atoms with E-state index in [1.165, 1.54) is 28.7 Å². The van der Waals surface area contributed by atoms with Gasteiger partial charge in [0.15, 0.2) is 0 Å². The molecule has 0 fully saturated rings. The van der Waals surface area contributed by atoms with Crippen LogP contribution in [0.1, 0.15) is 16.7 Å². The molecule has 15 heavy (non-hydrogen) atoms. The summed E-state index contributed by atoms with van der Waals surface area (Å²) in [5, 5.41) is 17.4. The molecule has 1 rings (SSSR count). The second-order valence-electron chi connectivity index (χ2n) is 2.76. The lowest BCUT2D eigenvalue weighted by molar-refractivity contribution is -0.138. The molecule has 0 saturated heterocycles. The smallest absolute Gasteiger partial charge is 0.392 e. The largest absolute Gasteiger partial charge is 0.417 e. The summed E-state index contributed by atoms with van der Waals surface area (Å²) in [6.07, 6.45) is -4.48. The summed E-state index contributed by atoms with van der Waals surface area (Å²) >= 11 is 1.53. The Balaban J connectivity index is 3.41. The van der Waals surface area contributed by atoms with Gasteiger partial charge in [-0.3, -0.25) is 0 Å². The minimum absolute atomic E-state index is 0.0249. The third-order valence-corrected chi connectivity index (χ3v) is 2.68. The summed E-state index contributed by atoms with van der Waals surface area (Å²) in [6.45, 7) is -0.447. The molecule has 80 valence electrons. The van der Waals surface area contributed by atoms with Gasteiger partial charge in [0.05, 0.1) is 23.8 Å². The standard InChI is InChI=1S/C9H5F3INO/c10-9(11,12)7-1-5(3-14)6(4-15)2-8(7)13/h1-2,15H,4H2. The molecular formula is C9H5F3INO. The molecule has 0 heterocycles. The predicted molar refractivity (Wildman–Crippen MR) is 54.8 cm³/mol.